The van der Waals surface area contributed by atoms with Gasteiger partial charge in [0.25, 0.3) is 0 Å². The number of carbonyl (C=O) groups is 1. The Morgan fingerprint density at radius 1 is 1.45 bits per heavy atom. The largest absolute Gasteiger partial charge is 0.347 e. The molecule has 118 valence electrons. The molecule has 1 fully saturated rings. The second kappa shape index (κ2) is 5.89. The van der Waals surface area contributed by atoms with Gasteiger partial charge in [0.2, 0.25) is 5.91 Å². The average molecular weight is 321 g/mol. The van der Waals surface area contributed by atoms with E-state index in [4.69, 9.17) is 11.6 Å². The number of halogens is 1. The smallest absolute Gasteiger partial charge is 0.239 e. The van der Waals surface area contributed by atoms with Crippen LogP contribution in [0.1, 0.15) is 18.7 Å². The van der Waals surface area contributed by atoms with E-state index in [0.717, 1.165) is 36.2 Å². The van der Waals surface area contributed by atoms with Crippen LogP contribution in [0.3, 0.4) is 0 Å². The van der Waals surface area contributed by atoms with E-state index in [1.165, 1.54) is 0 Å². The number of fused-ring (bicyclic) bond motifs is 1. The fourth-order valence-electron chi connectivity index (χ4n) is 3.14. The van der Waals surface area contributed by atoms with Crippen LogP contribution in [0.5, 0.6) is 0 Å². The summed E-state index contributed by atoms with van der Waals surface area (Å²) in [5.74, 6) is 1.15. The number of likely N-dealkylation sites (N-methyl/N-ethyl adjacent to an activating group) is 1. The van der Waals surface area contributed by atoms with Crippen molar-refractivity contribution in [2.45, 2.75) is 25.4 Å². The standard InChI is InChI=1S/C16H21ClN4O/c1-19(2)16(22)14-5-4-8-21(14)10-15-18-12-9-11(17)6-7-13(12)20(15)3/h6-7,9,14H,4-5,8,10H2,1-3H3. The predicted octanol–water partition coefficient (Wildman–Crippen LogP) is 2.28. The lowest BCUT2D eigenvalue weighted by molar-refractivity contribution is -0.133. The van der Waals surface area contributed by atoms with Crippen molar-refractivity contribution < 1.29 is 4.79 Å². The van der Waals surface area contributed by atoms with Gasteiger partial charge >= 0.3 is 0 Å². The van der Waals surface area contributed by atoms with Gasteiger partial charge < -0.3 is 9.47 Å². The first-order valence-corrected chi connectivity index (χ1v) is 7.91. The molecule has 1 aromatic carbocycles. The third kappa shape index (κ3) is 2.71. The highest BCUT2D eigenvalue weighted by molar-refractivity contribution is 6.31. The summed E-state index contributed by atoms with van der Waals surface area (Å²) in [6.45, 7) is 1.63. The Kier molecular flexibility index (Phi) is 4.10. The van der Waals surface area contributed by atoms with Gasteiger partial charge in [0.1, 0.15) is 5.82 Å². The van der Waals surface area contributed by atoms with Crippen LogP contribution in [0.2, 0.25) is 5.02 Å². The Hall–Kier alpha value is -1.59. The minimum absolute atomic E-state index is 0.0293. The molecule has 1 unspecified atom stereocenters. The van der Waals surface area contributed by atoms with Crippen molar-refractivity contribution >= 4 is 28.5 Å². The monoisotopic (exact) mass is 320 g/mol. The molecule has 0 bridgehead atoms. The summed E-state index contributed by atoms with van der Waals surface area (Å²) in [4.78, 5) is 20.9. The summed E-state index contributed by atoms with van der Waals surface area (Å²) in [5, 5.41) is 0.694. The SMILES string of the molecule is CN(C)C(=O)C1CCCN1Cc1nc2cc(Cl)ccc2n1C. The second-order valence-corrected chi connectivity index (χ2v) is 6.52. The lowest BCUT2D eigenvalue weighted by Crippen LogP contribution is -2.42. The molecule has 2 heterocycles. The van der Waals surface area contributed by atoms with Gasteiger partial charge in [-0.2, -0.15) is 0 Å². The van der Waals surface area contributed by atoms with Gasteiger partial charge in [-0.25, -0.2) is 4.98 Å². The summed E-state index contributed by atoms with van der Waals surface area (Å²) >= 11 is 6.04. The van der Waals surface area contributed by atoms with E-state index in [1.54, 1.807) is 4.90 Å². The van der Waals surface area contributed by atoms with Crippen LogP contribution in [0.4, 0.5) is 0 Å². The van der Waals surface area contributed by atoms with E-state index in [-0.39, 0.29) is 11.9 Å². The van der Waals surface area contributed by atoms with E-state index in [2.05, 4.69) is 14.5 Å². The zero-order valence-corrected chi connectivity index (χ0v) is 14.0. The fraction of sp³-hybridized carbons (Fsp3) is 0.500. The maximum atomic E-state index is 12.3. The molecule has 3 rings (SSSR count). The average Bonchev–Trinajstić information content (AvgIpc) is 3.04. The Morgan fingerprint density at radius 3 is 2.95 bits per heavy atom. The van der Waals surface area contributed by atoms with E-state index in [1.807, 2.05) is 39.3 Å². The van der Waals surface area contributed by atoms with Crippen LogP contribution >= 0.6 is 11.6 Å². The summed E-state index contributed by atoms with van der Waals surface area (Å²) in [5.41, 5.74) is 1.97. The minimum Gasteiger partial charge on any atom is -0.347 e. The number of imidazole rings is 1. The van der Waals surface area contributed by atoms with Crippen LogP contribution in [-0.2, 0) is 18.4 Å². The fourth-order valence-corrected chi connectivity index (χ4v) is 3.31. The molecule has 0 aliphatic carbocycles. The van der Waals surface area contributed by atoms with Gasteiger partial charge in [-0.05, 0) is 37.6 Å². The van der Waals surface area contributed by atoms with Crippen LogP contribution in [0.15, 0.2) is 18.2 Å². The molecular formula is C16H21ClN4O. The van der Waals surface area contributed by atoms with E-state index >= 15 is 0 Å². The molecule has 1 amide bonds. The van der Waals surface area contributed by atoms with Gasteiger partial charge in [-0.1, -0.05) is 11.6 Å². The van der Waals surface area contributed by atoms with Crippen molar-refractivity contribution in [1.29, 1.82) is 0 Å². The van der Waals surface area contributed by atoms with Gasteiger partial charge in [-0.15, -0.1) is 0 Å². The highest BCUT2D eigenvalue weighted by Gasteiger charge is 2.32. The number of hydrogen-bond acceptors (Lipinski definition) is 3. The summed E-state index contributed by atoms with van der Waals surface area (Å²) in [6, 6.07) is 5.72. The molecule has 0 saturated carbocycles. The molecule has 2 aromatic rings. The lowest BCUT2D eigenvalue weighted by Gasteiger charge is -2.25. The molecule has 0 radical (unpaired) electrons. The molecule has 1 saturated heterocycles. The zero-order valence-electron chi connectivity index (χ0n) is 13.2. The van der Waals surface area contributed by atoms with Gasteiger partial charge in [0, 0.05) is 26.2 Å². The van der Waals surface area contributed by atoms with Crippen LogP contribution in [0.25, 0.3) is 11.0 Å². The molecule has 5 nitrogen and oxygen atoms in total. The number of aryl methyl sites for hydroxylation is 1. The van der Waals surface area contributed by atoms with Crippen LogP contribution in [0, 0.1) is 0 Å². The second-order valence-electron chi connectivity index (χ2n) is 6.08. The summed E-state index contributed by atoms with van der Waals surface area (Å²) < 4.78 is 2.08. The highest BCUT2D eigenvalue weighted by Crippen LogP contribution is 2.24. The number of rotatable bonds is 3. The molecule has 1 aliphatic heterocycles. The maximum absolute atomic E-state index is 12.3. The first-order valence-electron chi connectivity index (χ1n) is 7.53. The Bertz CT molecular complexity index is 709. The molecule has 1 aliphatic rings. The van der Waals surface area contributed by atoms with Gasteiger partial charge in [0.15, 0.2) is 0 Å². The van der Waals surface area contributed by atoms with Crippen molar-refractivity contribution in [3.63, 3.8) is 0 Å². The number of likely N-dealkylation sites (tertiary alicyclic amines) is 1. The maximum Gasteiger partial charge on any atom is 0.239 e. The quantitative estimate of drug-likeness (QED) is 0.871. The molecular weight excluding hydrogens is 300 g/mol. The summed E-state index contributed by atoms with van der Waals surface area (Å²) in [6.07, 6.45) is 1.98. The first kappa shape index (κ1) is 15.3. The Morgan fingerprint density at radius 2 is 2.23 bits per heavy atom. The van der Waals surface area contributed by atoms with Crippen LogP contribution in [-0.4, -0.2) is 51.9 Å². The molecule has 0 N–H and O–H groups in total. The van der Waals surface area contributed by atoms with Crippen molar-refractivity contribution in [3.05, 3.63) is 29.0 Å². The van der Waals surface area contributed by atoms with Gasteiger partial charge in [0.05, 0.1) is 23.6 Å². The Labute approximate surface area is 135 Å². The molecule has 6 heteroatoms. The number of amides is 1. The highest BCUT2D eigenvalue weighted by atomic mass is 35.5. The topological polar surface area (TPSA) is 41.4 Å². The Balaban J connectivity index is 1.86. The number of carbonyl (C=O) groups excluding carboxylic acids is 1. The van der Waals surface area contributed by atoms with E-state index in [0.29, 0.717) is 11.6 Å². The van der Waals surface area contributed by atoms with Crippen molar-refractivity contribution in [1.82, 2.24) is 19.4 Å². The molecule has 22 heavy (non-hydrogen) atoms. The minimum atomic E-state index is -0.0293. The lowest BCUT2D eigenvalue weighted by atomic mass is 10.2. The predicted molar refractivity (Wildman–Crippen MR) is 87.9 cm³/mol. The number of hydrogen-bond donors (Lipinski definition) is 0. The van der Waals surface area contributed by atoms with Crippen molar-refractivity contribution in [2.24, 2.45) is 7.05 Å². The van der Waals surface area contributed by atoms with E-state index < -0.39 is 0 Å². The number of aromatic nitrogens is 2. The third-order valence-electron chi connectivity index (χ3n) is 4.37. The van der Waals surface area contributed by atoms with Gasteiger partial charge in [-0.3, -0.25) is 9.69 Å². The first-order chi connectivity index (χ1) is 10.5. The molecule has 0 spiro atoms. The third-order valence-corrected chi connectivity index (χ3v) is 4.60. The molecule has 1 atom stereocenters. The molecule has 1 aromatic heterocycles. The normalized spacial score (nSPS) is 19.0. The zero-order chi connectivity index (χ0) is 15.9. The van der Waals surface area contributed by atoms with Crippen LogP contribution < -0.4 is 0 Å². The summed E-state index contributed by atoms with van der Waals surface area (Å²) in [7, 11) is 5.64. The van der Waals surface area contributed by atoms with Crippen molar-refractivity contribution in [3.8, 4) is 0 Å². The van der Waals surface area contributed by atoms with Crippen molar-refractivity contribution in [2.75, 3.05) is 20.6 Å². The van der Waals surface area contributed by atoms with E-state index in [9.17, 15) is 4.79 Å². The number of benzene rings is 1. The number of nitrogens with zero attached hydrogens (tertiary/aromatic N) is 4.